The van der Waals surface area contributed by atoms with Crippen LogP contribution >= 0.6 is 0 Å². The standard InChI is InChI=1S/C25H27N3O/c1-2-23-26-21-11-7-6-10-20(21)24(29)28(23)27-22-14-17-25(22)15-12-19(13-16-25)18-8-4-3-5-9-18/h3-11,19H,2,12-17H2,1H3/b27-22+. The summed E-state index contributed by atoms with van der Waals surface area (Å²) in [7, 11) is 0. The van der Waals surface area contributed by atoms with Crippen LogP contribution in [0.25, 0.3) is 10.9 Å². The van der Waals surface area contributed by atoms with Gasteiger partial charge in [-0.2, -0.15) is 9.78 Å². The Morgan fingerprint density at radius 1 is 1.03 bits per heavy atom. The molecule has 0 saturated heterocycles. The van der Waals surface area contributed by atoms with E-state index in [-0.39, 0.29) is 11.0 Å². The van der Waals surface area contributed by atoms with Crippen molar-refractivity contribution >= 4 is 16.6 Å². The lowest BCUT2D eigenvalue weighted by molar-refractivity contribution is 0.207. The van der Waals surface area contributed by atoms with Crippen LogP contribution in [0.15, 0.2) is 64.5 Å². The van der Waals surface area contributed by atoms with Gasteiger partial charge in [0, 0.05) is 17.5 Å². The number of aryl methyl sites for hydroxylation is 1. The van der Waals surface area contributed by atoms with Crippen LogP contribution in [0.3, 0.4) is 0 Å². The molecule has 2 aliphatic carbocycles. The first-order valence-electron chi connectivity index (χ1n) is 10.8. The number of fused-ring (bicyclic) bond motifs is 1. The molecule has 0 atom stereocenters. The molecule has 4 nitrogen and oxygen atoms in total. The van der Waals surface area contributed by atoms with Crippen molar-refractivity contribution in [1.29, 1.82) is 0 Å². The Kier molecular flexibility index (Phi) is 4.57. The molecule has 148 valence electrons. The summed E-state index contributed by atoms with van der Waals surface area (Å²) in [5, 5.41) is 5.57. The number of hydrogen-bond donors (Lipinski definition) is 0. The van der Waals surface area contributed by atoms with Gasteiger partial charge in [0.25, 0.3) is 5.56 Å². The topological polar surface area (TPSA) is 47.2 Å². The minimum absolute atomic E-state index is 0.0417. The molecule has 0 unspecified atom stereocenters. The molecule has 2 saturated carbocycles. The zero-order chi connectivity index (χ0) is 19.8. The van der Waals surface area contributed by atoms with E-state index in [2.05, 4.69) is 30.3 Å². The van der Waals surface area contributed by atoms with E-state index in [0.717, 1.165) is 17.8 Å². The summed E-state index contributed by atoms with van der Waals surface area (Å²) in [5.41, 5.74) is 3.58. The van der Waals surface area contributed by atoms with Crippen molar-refractivity contribution in [3.05, 3.63) is 76.3 Å². The first-order valence-corrected chi connectivity index (χ1v) is 10.8. The SMILES string of the molecule is CCc1nc2ccccc2c(=O)n1/N=C1\CCC12CCC(c1ccccc1)CC2. The molecule has 29 heavy (non-hydrogen) atoms. The Bertz CT molecular complexity index is 1120. The van der Waals surface area contributed by atoms with E-state index in [4.69, 9.17) is 10.1 Å². The zero-order valence-electron chi connectivity index (χ0n) is 17.0. The molecule has 0 aliphatic heterocycles. The normalized spacial score (nSPS) is 25.4. The molecule has 0 bridgehead atoms. The molecule has 0 amide bonds. The minimum atomic E-state index is -0.0417. The third-order valence-electron chi connectivity index (χ3n) is 7.02. The van der Waals surface area contributed by atoms with E-state index < -0.39 is 0 Å². The average Bonchev–Trinajstić information content (AvgIpc) is 2.78. The zero-order valence-corrected chi connectivity index (χ0v) is 17.0. The fraction of sp³-hybridized carbons (Fsp3) is 0.400. The van der Waals surface area contributed by atoms with E-state index in [1.165, 1.54) is 43.4 Å². The van der Waals surface area contributed by atoms with Gasteiger partial charge >= 0.3 is 0 Å². The Morgan fingerprint density at radius 2 is 1.76 bits per heavy atom. The summed E-state index contributed by atoms with van der Waals surface area (Å²) in [6, 6.07) is 18.5. The Balaban J connectivity index is 1.45. The Morgan fingerprint density at radius 3 is 2.45 bits per heavy atom. The minimum Gasteiger partial charge on any atom is -0.267 e. The predicted molar refractivity (Wildman–Crippen MR) is 118 cm³/mol. The highest BCUT2D eigenvalue weighted by atomic mass is 16.1. The van der Waals surface area contributed by atoms with Crippen LogP contribution in [0.1, 0.15) is 62.8 Å². The Hall–Kier alpha value is -2.75. The highest BCUT2D eigenvalue weighted by Gasteiger charge is 2.46. The summed E-state index contributed by atoms with van der Waals surface area (Å²) in [5.74, 6) is 1.40. The summed E-state index contributed by atoms with van der Waals surface area (Å²) in [4.78, 5) is 17.8. The molecule has 2 aromatic carbocycles. The molecule has 1 aromatic heterocycles. The lowest BCUT2D eigenvalue weighted by Crippen LogP contribution is -2.44. The van der Waals surface area contributed by atoms with Crippen molar-refractivity contribution in [1.82, 2.24) is 9.66 Å². The van der Waals surface area contributed by atoms with Gasteiger partial charge in [0.1, 0.15) is 5.82 Å². The number of aromatic nitrogens is 2. The molecule has 4 heteroatoms. The quantitative estimate of drug-likeness (QED) is 0.614. The van der Waals surface area contributed by atoms with Crippen molar-refractivity contribution in [2.24, 2.45) is 10.5 Å². The van der Waals surface area contributed by atoms with E-state index in [1.807, 2.05) is 31.2 Å². The first kappa shape index (κ1) is 18.3. The predicted octanol–water partition coefficient (Wildman–Crippen LogP) is 5.30. The number of benzene rings is 2. The van der Waals surface area contributed by atoms with Gasteiger partial charge in [-0.05, 0) is 62.1 Å². The smallest absolute Gasteiger partial charge is 0.267 e. The number of nitrogens with zero attached hydrogens (tertiary/aromatic N) is 3. The summed E-state index contributed by atoms with van der Waals surface area (Å²) < 4.78 is 1.59. The molecule has 2 aliphatic rings. The van der Waals surface area contributed by atoms with Gasteiger partial charge in [-0.15, -0.1) is 0 Å². The van der Waals surface area contributed by atoms with Crippen molar-refractivity contribution in [2.75, 3.05) is 0 Å². The van der Waals surface area contributed by atoms with E-state index in [1.54, 1.807) is 4.68 Å². The van der Waals surface area contributed by atoms with Gasteiger partial charge in [0.05, 0.1) is 10.9 Å². The van der Waals surface area contributed by atoms with Gasteiger partial charge in [-0.1, -0.05) is 49.4 Å². The van der Waals surface area contributed by atoms with Gasteiger partial charge < -0.3 is 0 Å². The van der Waals surface area contributed by atoms with Crippen LogP contribution in [0.4, 0.5) is 0 Å². The molecule has 0 radical (unpaired) electrons. The van der Waals surface area contributed by atoms with Gasteiger partial charge in [0.15, 0.2) is 0 Å². The monoisotopic (exact) mass is 385 g/mol. The number of hydrogen-bond acceptors (Lipinski definition) is 3. The molecule has 5 rings (SSSR count). The van der Waals surface area contributed by atoms with Gasteiger partial charge in [-0.3, -0.25) is 4.79 Å². The molecule has 1 spiro atoms. The second-order valence-electron chi connectivity index (χ2n) is 8.53. The van der Waals surface area contributed by atoms with Crippen molar-refractivity contribution in [3.8, 4) is 0 Å². The second-order valence-corrected chi connectivity index (χ2v) is 8.53. The summed E-state index contributed by atoms with van der Waals surface area (Å²) >= 11 is 0. The maximum Gasteiger partial charge on any atom is 0.282 e. The van der Waals surface area contributed by atoms with Crippen LogP contribution in [0.5, 0.6) is 0 Å². The van der Waals surface area contributed by atoms with Crippen LogP contribution in [-0.4, -0.2) is 15.4 Å². The van der Waals surface area contributed by atoms with E-state index in [0.29, 0.717) is 17.7 Å². The maximum atomic E-state index is 13.1. The molecule has 3 aromatic rings. The van der Waals surface area contributed by atoms with Crippen LogP contribution in [0.2, 0.25) is 0 Å². The average molecular weight is 386 g/mol. The maximum absolute atomic E-state index is 13.1. The lowest BCUT2D eigenvalue weighted by Gasteiger charge is -2.48. The molecule has 2 fully saturated rings. The Labute approximate surface area is 171 Å². The first-order chi connectivity index (χ1) is 14.2. The molecular weight excluding hydrogens is 358 g/mol. The second kappa shape index (κ2) is 7.25. The third-order valence-corrected chi connectivity index (χ3v) is 7.02. The summed E-state index contributed by atoms with van der Waals surface area (Å²) in [6.45, 7) is 2.04. The van der Waals surface area contributed by atoms with Gasteiger partial charge in [-0.25, -0.2) is 4.98 Å². The van der Waals surface area contributed by atoms with Crippen molar-refractivity contribution in [3.63, 3.8) is 0 Å². The van der Waals surface area contributed by atoms with Gasteiger partial charge in [0.2, 0.25) is 0 Å². The molecular formula is C25H27N3O. The lowest BCUT2D eigenvalue weighted by atomic mass is 9.57. The largest absolute Gasteiger partial charge is 0.282 e. The van der Waals surface area contributed by atoms with E-state index >= 15 is 0 Å². The van der Waals surface area contributed by atoms with Crippen molar-refractivity contribution < 1.29 is 0 Å². The fourth-order valence-corrected chi connectivity index (χ4v) is 5.14. The fourth-order valence-electron chi connectivity index (χ4n) is 5.14. The van der Waals surface area contributed by atoms with Crippen molar-refractivity contribution in [2.45, 2.75) is 57.8 Å². The van der Waals surface area contributed by atoms with Crippen LogP contribution in [-0.2, 0) is 6.42 Å². The highest BCUT2D eigenvalue weighted by molar-refractivity contribution is 5.95. The molecule has 1 heterocycles. The third kappa shape index (κ3) is 3.11. The number of para-hydroxylation sites is 1. The van der Waals surface area contributed by atoms with Crippen LogP contribution < -0.4 is 5.56 Å². The van der Waals surface area contributed by atoms with Crippen LogP contribution in [0, 0.1) is 5.41 Å². The molecule has 0 N–H and O–H groups in total. The van der Waals surface area contributed by atoms with E-state index in [9.17, 15) is 4.79 Å². The highest BCUT2D eigenvalue weighted by Crippen LogP contribution is 2.52. The number of rotatable bonds is 3. The summed E-state index contributed by atoms with van der Waals surface area (Å²) in [6.07, 6.45) is 7.64.